The lowest BCUT2D eigenvalue weighted by molar-refractivity contribution is -0.141. The molecule has 0 aliphatic carbocycles. The summed E-state index contributed by atoms with van der Waals surface area (Å²) in [6, 6.07) is 5.80. The molecule has 4 atom stereocenters. The van der Waals surface area contributed by atoms with Crippen molar-refractivity contribution in [2.45, 2.75) is 71.1 Å². The molecule has 0 unspecified atom stereocenters. The number of halogens is 1. The quantitative estimate of drug-likeness (QED) is 0.578. The fraction of sp³-hybridized carbons (Fsp3) is 0.500. The summed E-state index contributed by atoms with van der Waals surface area (Å²) in [5.41, 5.74) is 2.13. The highest BCUT2D eigenvalue weighted by Gasteiger charge is 2.43. The van der Waals surface area contributed by atoms with Gasteiger partial charge < -0.3 is 19.8 Å². The highest BCUT2D eigenvalue weighted by molar-refractivity contribution is 6.31. The first-order valence-corrected chi connectivity index (χ1v) is 11.9. The number of likely N-dealkylation sites (tertiary alicyclic amines) is 1. The van der Waals surface area contributed by atoms with Gasteiger partial charge in [-0.2, -0.15) is 0 Å². The van der Waals surface area contributed by atoms with Gasteiger partial charge in [0, 0.05) is 29.6 Å². The molecular weight excluding hydrogens is 454 g/mol. The van der Waals surface area contributed by atoms with Crippen molar-refractivity contribution >= 4 is 23.4 Å². The molecule has 34 heavy (non-hydrogen) atoms. The van der Waals surface area contributed by atoms with E-state index in [0.29, 0.717) is 21.9 Å². The molecule has 7 nitrogen and oxygen atoms in total. The molecule has 1 aliphatic heterocycles. The number of aliphatic hydroxyl groups excluding tert-OH is 1. The number of terminal acetylenes is 1. The van der Waals surface area contributed by atoms with Crippen LogP contribution in [0.5, 0.6) is 0 Å². The average Bonchev–Trinajstić information content (AvgIpc) is 3.40. The van der Waals surface area contributed by atoms with Crippen molar-refractivity contribution in [1.82, 2.24) is 15.4 Å². The van der Waals surface area contributed by atoms with Crippen LogP contribution in [0.4, 0.5) is 0 Å². The van der Waals surface area contributed by atoms with Gasteiger partial charge in [0.25, 0.3) is 0 Å². The normalized spacial score (nSPS) is 19.8. The first kappa shape index (κ1) is 25.8. The van der Waals surface area contributed by atoms with Crippen LogP contribution in [0.15, 0.2) is 28.8 Å². The summed E-state index contributed by atoms with van der Waals surface area (Å²) in [5, 5.41) is 17.8. The molecule has 1 aromatic heterocycles. The number of carbonyl (C=O) groups excluding carboxylic acids is 2. The largest absolute Gasteiger partial charge is 0.391 e. The van der Waals surface area contributed by atoms with Crippen LogP contribution in [-0.4, -0.2) is 45.7 Å². The van der Waals surface area contributed by atoms with Crippen molar-refractivity contribution in [2.75, 3.05) is 6.54 Å². The van der Waals surface area contributed by atoms with Crippen molar-refractivity contribution in [2.24, 2.45) is 5.92 Å². The second kappa shape index (κ2) is 10.6. The summed E-state index contributed by atoms with van der Waals surface area (Å²) in [7, 11) is 0. The predicted molar refractivity (Wildman–Crippen MR) is 130 cm³/mol. The molecule has 1 aliphatic rings. The Morgan fingerprint density at radius 3 is 2.53 bits per heavy atom. The van der Waals surface area contributed by atoms with Crippen LogP contribution >= 0.6 is 11.6 Å². The van der Waals surface area contributed by atoms with Crippen LogP contribution < -0.4 is 5.32 Å². The van der Waals surface area contributed by atoms with Crippen LogP contribution in [0, 0.1) is 18.3 Å². The van der Waals surface area contributed by atoms with E-state index in [2.05, 4.69) is 16.4 Å². The molecule has 3 rings (SSSR count). The minimum absolute atomic E-state index is 0.0807. The van der Waals surface area contributed by atoms with E-state index in [9.17, 15) is 14.7 Å². The minimum Gasteiger partial charge on any atom is -0.391 e. The van der Waals surface area contributed by atoms with Gasteiger partial charge in [-0.3, -0.25) is 9.59 Å². The fourth-order valence-corrected chi connectivity index (χ4v) is 4.64. The van der Waals surface area contributed by atoms with Crippen molar-refractivity contribution in [3.8, 4) is 12.3 Å². The number of aromatic nitrogens is 1. The monoisotopic (exact) mass is 485 g/mol. The number of hydrogen-bond acceptors (Lipinski definition) is 5. The lowest BCUT2D eigenvalue weighted by atomic mass is 9.90. The second-order valence-corrected chi connectivity index (χ2v) is 9.94. The van der Waals surface area contributed by atoms with E-state index in [1.54, 1.807) is 24.3 Å². The van der Waals surface area contributed by atoms with E-state index >= 15 is 0 Å². The Labute approximate surface area is 205 Å². The maximum Gasteiger partial charge on any atom is 0.243 e. The van der Waals surface area contributed by atoms with Gasteiger partial charge in [-0.1, -0.05) is 56.4 Å². The van der Waals surface area contributed by atoms with E-state index < -0.39 is 24.1 Å². The van der Waals surface area contributed by atoms with Gasteiger partial charge in [0.1, 0.15) is 17.7 Å². The van der Waals surface area contributed by atoms with Crippen LogP contribution in [0.1, 0.15) is 81.5 Å². The van der Waals surface area contributed by atoms with Crippen molar-refractivity contribution in [3.05, 3.63) is 51.9 Å². The Hall–Kier alpha value is -2.82. The molecule has 0 radical (unpaired) electrons. The summed E-state index contributed by atoms with van der Waals surface area (Å²) in [5.74, 6) is 1.85. The van der Waals surface area contributed by atoms with Crippen LogP contribution in [0.25, 0.3) is 0 Å². The molecule has 8 heteroatoms. The third kappa shape index (κ3) is 5.45. The molecule has 0 bridgehead atoms. The number of nitrogens with zero attached hydrogens (tertiary/aromatic N) is 2. The Bertz CT molecular complexity index is 1090. The summed E-state index contributed by atoms with van der Waals surface area (Å²) in [6.07, 6.45) is 4.79. The molecule has 2 aromatic rings. The molecule has 1 saturated heterocycles. The number of benzene rings is 1. The topological polar surface area (TPSA) is 95.7 Å². The van der Waals surface area contributed by atoms with E-state index in [0.717, 1.165) is 5.69 Å². The number of amides is 2. The minimum atomic E-state index is -0.803. The maximum absolute atomic E-state index is 13.6. The lowest BCUT2D eigenvalue weighted by Crippen LogP contribution is -2.48. The third-order valence-electron chi connectivity index (χ3n) is 6.23. The first-order valence-electron chi connectivity index (χ1n) is 11.5. The summed E-state index contributed by atoms with van der Waals surface area (Å²) < 4.78 is 5.52. The highest BCUT2D eigenvalue weighted by Crippen LogP contribution is 2.32. The average molecular weight is 486 g/mol. The van der Waals surface area contributed by atoms with Gasteiger partial charge in [0.15, 0.2) is 0 Å². The van der Waals surface area contributed by atoms with E-state index in [1.165, 1.54) is 4.90 Å². The fourth-order valence-electron chi connectivity index (χ4n) is 4.30. The van der Waals surface area contributed by atoms with Crippen molar-refractivity contribution in [1.29, 1.82) is 0 Å². The molecule has 0 saturated carbocycles. The van der Waals surface area contributed by atoms with Crippen LogP contribution in [-0.2, 0) is 9.59 Å². The van der Waals surface area contributed by atoms with Gasteiger partial charge in [0.05, 0.1) is 17.8 Å². The van der Waals surface area contributed by atoms with Crippen LogP contribution in [0.2, 0.25) is 5.02 Å². The van der Waals surface area contributed by atoms with Crippen LogP contribution in [0.3, 0.4) is 0 Å². The zero-order valence-corrected chi connectivity index (χ0v) is 21.0. The van der Waals surface area contributed by atoms with Crippen molar-refractivity contribution < 1.29 is 19.2 Å². The second-order valence-electron chi connectivity index (χ2n) is 9.54. The Kier molecular flexibility index (Phi) is 8.06. The maximum atomic E-state index is 13.6. The first-order chi connectivity index (χ1) is 16.0. The molecule has 182 valence electrons. The molecule has 2 amide bonds. The van der Waals surface area contributed by atoms with Gasteiger partial charge in [-0.15, -0.1) is 6.42 Å². The number of β-amino-alcohol motifs (C(OH)–C–C–N with tert-alkyl or cyclic N) is 1. The van der Waals surface area contributed by atoms with E-state index in [4.69, 9.17) is 22.5 Å². The van der Waals surface area contributed by atoms with Gasteiger partial charge in [0.2, 0.25) is 11.8 Å². The lowest BCUT2D eigenvalue weighted by Gasteiger charge is -2.29. The van der Waals surface area contributed by atoms with Gasteiger partial charge in [-0.05, 0) is 36.5 Å². The zero-order valence-electron chi connectivity index (χ0n) is 20.2. The number of hydrogen-bond donors (Lipinski definition) is 2. The highest BCUT2D eigenvalue weighted by atomic mass is 35.5. The SMILES string of the molecule is C#Cc1ccc([C@H](C)NC(=O)[C@@H]2C[C@@H](O)CN2C(=O)[C@H](c2cc(C(C)C)no2)C(C)C)c(Cl)c1. The summed E-state index contributed by atoms with van der Waals surface area (Å²) in [4.78, 5) is 28.3. The number of rotatable bonds is 7. The Morgan fingerprint density at radius 2 is 1.97 bits per heavy atom. The summed E-state index contributed by atoms with van der Waals surface area (Å²) in [6.45, 7) is 9.73. The number of carbonyl (C=O) groups is 2. The van der Waals surface area contributed by atoms with Gasteiger partial charge >= 0.3 is 0 Å². The number of aliphatic hydroxyl groups is 1. The predicted octanol–water partition coefficient (Wildman–Crippen LogP) is 4.01. The molecule has 0 spiro atoms. The molecule has 1 fully saturated rings. The van der Waals surface area contributed by atoms with Crippen molar-refractivity contribution in [3.63, 3.8) is 0 Å². The molecular formula is C26H32ClN3O4. The smallest absolute Gasteiger partial charge is 0.243 e. The molecule has 2 N–H and O–H groups in total. The standard InChI is InChI=1S/C26H32ClN3O4/c1-7-17-8-9-19(20(27)10-17)16(6)28-25(32)22-11-18(31)13-30(22)26(33)24(15(4)5)23-12-21(14(2)3)29-34-23/h1,8-10,12,14-16,18,22,24,31H,11,13H2,2-6H3,(H,28,32)/t16-,18+,22-,24-/m0/s1. The molecule has 2 heterocycles. The third-order valence-corrected chi connectivity index (χ3v) is 6.56. The van der Waals surface area contributed by atoms with E-state index in [-0.39, 0.29) is 36.6 Å². The van der Waals surface area contributed by atoms with E-state index in [1.807, 2.05) is 34.6 Å². The summed E-state index contributed by atoms with van der Waals surface area (Å²) >= 11 is 6.35. The molecule has 1 aromatic carbocycles. The number of nitrogens with one attached hydrogen (secondary N) is 1. The van der Waals surface area contributed by atoms with Gasteiger partial charge in [-0.25, -0.2) is 0 Å². The zero-order chi connectivity index (χ0) is 25.2. The Morgan fingerprint density at radius 1 is 1.26 bits per heavy atom. The Balaban J connectivity index is 1.80.